The number of nitrogens with zero attached hydrogens (tertiary/aromatic N) is 1. The summed E-state index contributed by atoms with van der Waals surface area (Å²) in [5.41, 5.74) is 5.43. The van der Waals surface area contributed by atoms with Crippen LogP contribution in [0.25, 0.3) is 22.6 Å². The number of fused-ring (bicyclic) bond motifs is 1. The predicted octanol–water partition coefficient (Wildman–Crippen LogP) is 3.94. The lowest BCUT2D eigenvalue weighted by molar-refractivity contribution is -0.117. The Bertz CT molecular complexity index is 947. The number of rotatable bonds is 2. The molecule has 0 atom stereocenters. The van der Waals surface area contributed by atoms with Crippen LogP contribution in [-0.4, -0.2) is 16.0 Å². The summed E-state index contributed by atoms with van der Waals surface area (Å²) in [4.78, 5) is 15.6. The van der Waals surface area contributed by atoms with Gasteiger partial charge in [-0.25, -0.2) is 4.98 Å². The van der Waals surface area contributed by atoms with Crippen LogP contribution in [0.15, 0.2) is 40.8 Å². The van der Waals surface area contributed by atoms with Crippen molar-refractivity contribution < 1.29 is 9.21 Å². The topological polar surface area (TPSA) is 67.2 Å². The fourth-order valence-corrected chi connectivity index (χ4v) is 2.81. The van der Waals surface area contributed by atoms with Crippen LogP contribution in [0.2, 0.25) is 0 Å². The van der Waals surface area contributed by atoms with E-state index in [9.17, 15) is 4.79 Å². The third-order valence-corrected chi connectivity index (χ3v) is 3.68. The Hall–Kier alpha value is -2.73. The molecule has 122 valence electrons. The molecule has 0 bridgehead atoms. The maximum absolute atomic E-state index is 11.0. The van der Waals surface area contributed by atoms with Gasteiger partial charge < -0.3 is 15.1 Å². The number of amides is 1. The van der Waals surface area contributed by atoms with Crippen molar-refractivity contribution in [2.24, 2.45) is 0 Å². The lowest BCUT2D eigenvalue weighted by Crippen LogP contribution is -2.32. The minimum absolute atomic E-state index is 0.214. The molecule has 24 heavy (non-hydrogen) atoms. The van der Waals surface area contributed by atoms with E-state index in [1.165, 1.54) is 6.92 Å². The van der Waals surface area contributed by atoms with Crippen molar-refractivity contribution in [3.05, 3.63) is 47.5 Å². The molecule has 0 unspecified atom stereocenters. The maximum atomic E-state index is 11.0. The number of nitrogens with one attached hydrogen (secondary N) is 2. The van der Waals surface area contributed by atoms with Gasteiger partial charge in [0.25, 0.3) is 0 Å². The van der Waals surface area contributed by atoms with Gasteiger partial charge in [-0.15, -0.1) is 0 Å². The summed E-state index contributed by atoms with van der Waals surface area (Å²) in [6.07, 6.45) is 0. The Balaban J connectivity index is 1.93. The Morgan fingerprint density at radius 1 is 1.21 bits per heavy atom. The fourth-order valence-electron chi connectivity index (χ4n) is 2.55. The van der Waals surface area contributed by atoms with Crippen LogP contribution in [0.3, 0.4) is 0 Å². The lowest BCUT2D eigenvalue weighted by Gasteiger charge is -2.08. The molecule has 2 N–H and O–H groups in total. The average molecular weight is 339 g/mol. The first kappa shape index (κ1) is 16.1. The molecule has 2 aromatic carbocycles. The molecule has 3 aromatic rings. The normalized spacial score (nSPS) is 10.6. The van der Waals surface area contributed by atoms with Crippen LogP contribution in [-0.2, 0) is 4.79 Å². The van der Waals surface area contributed by atoms with Gasteiger partial charge in [0.1, 0.15) is 5.52 Å². The highest BCUT2D eigenvalue weighted by molar-refractivity contribution is 7.80. The van der Waals surface area contributed by atoms with Crippen molar-refractivity contribution >= 4 is 40.0 Å². The molecule has 1 aromatic heterocycles. The summed E-state index contributed by atoms with van der Waals surface area (Å²) in [7, 11) is 0. The van der Waals surface area contributed by atoms with Crippen molar-refractivity contribution in [1.82, 2.24) is 10.3 Å². The second-order valence-corrected chi connectivity index (χ2v) is 6.07. The number of hydrogen-bond acceptors (Lipinski definition) is 4. The number of hydrogen-bond donors (Lipinski definition) is 2. The number of carbonyl (C=O) groups is 1. The molecule has 1 amide bonds. The molecule has 6 heteroatoms. The molecule has 0 aliphatic carbocycles. The van der Waals surface area contributed by atoms with Crippen LogP contribution in [0, 0.1) is 13.8 Å². The van der Waals surface area contributed by atoms with Crippen molar-refractivity contribution in [2.75, 3.05) is 5.32 Å². The molecular weight excluding hydrogens is 322 g/mol. The van der Waals surface area contributed by atoms with Crippen molar-refractivity contribution in [2.45, 2.75) is 20.8 Å². The highest BCUT2D eigenvalue weighted by Gasteiger charge is 2.11. The first-order valence-electron chi connectivity index (χ1n) is 7.49. The zero-order valence-corrected chi connectivity index (χ0v) is 14.5. The summed E-state index contributed by atoms with van der Waals surface area (Å²) in [6.45, 7) is 5.45. The van der Waals surface area contributed by atoms with E-state index in [-0.39, 0.29) is 11.0 Å². The summed E-state index contributed by atoms with van der Waals surface area (Å²) in [5.74, 6) is 0.334. The van der Waals surface area contributed by atoms with E-state index < -0.39 is 0 Å². The molecule has 0 spiro atoms. The minimum Gasteiger partial charge on any atom is -0.436 e. The monoisotopic (exact) mass is 339 g/mol. The fraction of sp³-hybridized carbons (Fsp3) is 0.167. The summed E-state index contributed by atoms with van der Waals surface area (Å²) in [5, 5.41) is 5.75. The highest BCUT2D eigenvalue weighted by atomic mass is 32.1. The Kier molecular flexibility index (Phi) is 4.31. The Morgan fingerprint density at radius 2 is 2.00 bits per heavy atom. The Labute approximate surface area is 145 Å². The first-order chi connectivity index (χ1) is 11.4. The molecule has 0 radical (unpaired) electrons. The molecular formula is C18H17N3O2S. The van der Waals surface area contributed by atoms with E-state index in [4.69, 9.17) is 16.6 Å². The van der Waals surface area contributed by atoms with Gasteiger partial charge in [0.2, 0.25) is 11.8 Å². The Morgan fingerprint density at radius 3 is 2.75 bits per heavy atom. The minimum atomic E-state index is -0.214. The molecule has 3 rings (SSSR count). The number of aryl methyl sites for hydroxylation is 2. The largest absolute Gasteiger partial charge is 0.436 e. The van der Waals surface area contributed by atoms with E-state index >= 15 is 0 Å². The second kappa shape index (κ2) is 6.41. The van der Waals surface area contributed by atoms with Crippen LogP contribution in [0.1, 0.15) is 18.1 Å². The van der Waals surface area contributed by atoms with E-state index in [2.05, 4.69) is 21.7 Å². The molecule has 5 nitrogen and oxygen atoms in total. The van der Waals surface area contributed by atoms with Gasteiger partial charge in [0, 0.05) is 18.2 Å². The number of aromatic nitrogens is 1. The van der Waals surface area contributed by atoms with E-state index in [1.807, 2.05) is 44.2 Å². The molecule has 0 fully saturated rings. The van der Waals surface area contributed by atoms with E-state index in [1.54, 1.807) is 0 Å². The van der Waals surface area contributed by atoms with Crippen LogP contribution in [0.4, 0.5) is 5.69 Å². The summed E-state index contributed by atoms with van der Waals surface area (Å²) < 4.78 is 5.92. The van der Waals surface area contributed by atoms with Gasteiger partial charge in [-0.1, -0.05) is 12.1 Å². The lowest BCUT2D eigenvalue weighted by atomic mass is 10.1. The molecule has 1 heterocycles. The number of anilines is 1. The molecule has 0 aliphatic rings. The van der Waals surface area contributed by atoms with Gasteiger partial charge in [0.15, 0.2) is 10.7 Å². The van der Waals surface area contributed by atoms with Gasteiger partial charge >= 0.3 is 0 Å². The third kappa shape index (κ3) is 3.44. The number of thiocarbonyl (C=S) groups is 1. The van der Waals surface area contributed by atoms with Crippen LogP contribution >= 0.6 is 12.2 Å². The van der Waals surface area contributed by atoms with E-state index in [0.29, 0.717) is 5.89 Å². The molecule has 0 saturated carbocycles. The van der Waals surface area contributed by atoms with Crippen LogP contribution < -0.4 is 10.6 Å². The highest BCUT2D eigenvalue weighted by Crippen LogP contribution is 2.28. The predicted molar refractivity (Wildman–Crippen MR) is 99.0 cm³/mol. The maximum Gasteiger partial charge on any atom is 0.227 e. The van der Waals surface area contributed by atoms with Gasteiger partial charge in [-0.2, -0.15) is 0 Å². The van der Waals surface area contributed by atoms with Crippen molar-refractivity contribution in [3.8, 4) is 11.5 Å². The zero-order chi connectivity index (χ0) is 17.3. The SMILES string of the molecule is CC(=O)NC(=S)Nc1cccc(-c2nc3cc(C)cc(C)c3o2)c1. The van der Waals surface area contributed by atoms with Gasteiger partial charge in [0.05, 0.1) is 0 Å². The summed E-state index contributed by atoms with van der Waals surface area (Å²) in [6, 6.07) is 11.6. The summed E-state index contributed by atoms with van der Waals surface area (Å²) >= 11 is 5.07. The quantitative estimate of drug-likeness (QED) is 0.692. The van der Waals surface area contributed by atoms with Gasteiger partial charge in [-0.3, -0.25) is 4.79 Å². The molecule has 0 aliphatic heterocycles. The standard InChI is InChI=1S/C18H17N3O2S/c1-10-7-11(2)16-15(8-10)21-17(23-16)13-5-4-6-14(9-13)20-18(24)19-12(3)22/h4-9H,1-3H3,(H2,19,20,22,24). The number of benzene rings is 2. The first-order valence-corrected chi connectivity index (χ1v) is 7.90. The van der Waals surface area contributed by atoms with Crippen molar-refractivity contribution in [1.29, 1.82) is 0 Å². The smallest absolute Gasteiger partial charge is 0.227 e. The second-order valence-electron chi connectivity index (χ2n) is 5.67. The third-order valence-electron chi connectivity index (χ3n) is 3.48. The molecule has 0 saturated heterocycles. The number of carbonyl (C=O) groups excluding carboxylic acids is 1. The van der Waals surface area contributed by atoms with Crippen LogP contribution in [0.5, 0.6) is 0 Å². The van der Waals surface area contributed by atoms with E-state index in [0.717, 1.165) is 33.5 Å². The van der Waals surface area contributed by atoms with Crippen molar-refractivity contribution in [3.63, 3.8) is 0 Å². The number of oxazole rings is 1. The zero-order valence-electron chi connectivity index (χ0n) is 13.6. The van der Waals surface area contributed by atoms with Gasteiger partial charge in [-0.05, 0) is 61.5 Å². The average Bonchev–Trinajstić information content (AvgIpc) is 2.90.